The molecule has 0 aromatic carbocycles. The Hall–Kier alpha value is -1.09. The fourth-order valence-electron chi connectivity index (χ4n) is 0.516. The predicted molar refractivity (Wildman–Crippen MR) is 53.8 cm³/mol. The third-order valence-corrected chi connectivity index (χ3v) is 0.914. The molecule has 4 heteroatoms. The first-order valence-corrected chi connectivity index (χ1v) is 3.75. The van der Waals surface area contributed by atoms with E-state index in [4.69, 9.17) is 0 Å². The maximum Gasteiger partial charge on any atom is 0.302 e. The number of hydrogen-bond donors (Lipinski definition) is 0. The van der Waals surface area contributed by atoms with Crippen molar-refractivity contribution >= 4 is 18.4 Å². The second kappa shape index (κ2) is 10.9. The van der Waals surface area contributed by atoms with Gasteiger partial charge in [-0.1, -0.05) is 6.07 Å². The van der Waals surface area contributed by atoms with E-state index < -0.39 is 0 Å². The van der Waals surface area contributed by atoms with Gasteiger partial charge in [0.2, 0.25) is 0 Å². The van der Waals surface area contributed by atoms with Crippen molar-refractivity contribution in [2.24, 2.45) is 0 Å². The number of nitrogens with zero attached hydrogens (tertiary/aromatic N) is 1. The van der Waals surface area contributed by atoms with Crippen molar-refractivity contribution in [3.63, 3.8) is 0 Å². The van der Waals surface area contributed by atoms with E-state index in [9.17, 15) is 4.79 Å². The molecule has 13 heavy (non-hydrogen) atoms. The number of halogens is 1. The summed E-state index contributed by atoms with van der Waals surface area (Å²) >= 11 is 0. The molecule has 0 saturated carbocycles. The quantitative estimate of drug-likeness (QED) is 0.656. The molecule has 0 N–H and O–H groups in total. The molecule has 74 valence electrons. The van der Waals surface area contributed by atoms with Crippen molar-refractivity contribution in [3.8, 4) is 0 Å². The molecule has 0 amide bonds. The van der Waals surface area contributed by atoms with Crippen LogP contribution < -0.4 is 0 Å². The molecule has 0 saturated heterocycles. The summed E-state index contributed by atoms with van der Waals surface area (Å²) in [6.07, 6.45) is 3.50. The fourth-order valence-corrected chi connectivity index (χ4v) is 0.516. The summed E-state index contributed by atoms with van der Waals surface area (Å²) in [4.78, 5) is 13.6. The van der Waals surface area contributed by atoms with Gasteiger partial charge >= 0.3 is 5.97 Å². The van der Waals surface area contributed by atoms with Crippen LogP contribution in [-0.4, -0.2) is 17.6 Å². The molecule has 0 unspecified atom stereocenters. The summed E-state index contributed by atoms with van der Waals surface area (Å²) in [5.74, 6) is -0.211. The topological polar surface area (TPSA) is 39.2 Å². The molecule has 1 aromatic rings. The minimum Gasteiger partial charge on any atom is -0.466 e. The van der Waals surface area contributed by atoms with Gasteiger partial charge in [-0.15, -0.1) is 12.4 Å². The van der Waals surface area contributed by atoms with E-state index in [2.05, 4.69) is 9.72 Å². The van der Waals surface area contributed by atoms with Gasteiger partial charge in [0.25, 0.3) is 0 Å². The van der Waals surface area contributed by atoms with E-state index >= 15 is 0 Å². The second-order valence-corrected chi connectivity index (χ2v) is 1.95. The predicted octanol–water partition coefficient (Wildman–Crippen LogP) is 2.07. The van der Waals surface area contributed by atoms with Crippen molar-refractivity contribution in [2.75, 3.05) is 6.61 Å². The lowest BCUT2D eigenvalue weighted by molar-refractivity contribution is -0.140. The van der Waals surface area contributed by atoms with E-state index in [0.717, 1.165) is 0 Å². The average molecular weight is 204 g/mol. The van der Waals surface area contributed by atoms with E-state index in [-0.39, 0.29) is 18.4 Å². The van der Waals surface area contributed by atoms with Crippen LogP contribution >= 0.6 is 12.4 Å². The SMILES string of the molecule is CCOC(C)=O.Cl.c1ccncc1. The Morgan fingerprint density at radius 1 is 1.31 bits per heavy atom. The van der Waals surface area contributed by atoms with Crippen LogP contribution in [0.1, 0.15) is 13.8 Å². The Morgan fingerprint density at radius 3 is 1.92 bits per heavy atom. The van der Waals surface area contributed by atoms with Crippen LogP contribution in [-0.2, 0) is 9.53 Å². The van der Waals surface area contributed by atoms with Gasteiger partial charge in [-0.25, -0.2) is 0 Å². The Bertz CT molecular complexity index is 177. The lowest BCUT2D eigenvalue weighted by atomic mass is 10.5. The highest BCUT2D eigenvalue weighted by Gasteiger charge is 1.81. The molecule has 1 heterocycles. The summed E-state index contributed by atoms with van der Waals surface area (Å²) in [5, 5.41) is 0. The Balaban J connectivity index is 0. The molecule has 0 bridgehead atoms. The van der Waals surface area contributed by atoms with Gasteiger partial charge in [0, 0.05) is 19.3 Å². The Labute approximate surface area is 84.5 Å². The first-order valence-electron chi connectivity index (χ1n) is 3.75. The van der Waals surface area contributed by atoms with E-state index in [1.165, 1.54) is 6.92 Å². The molecule has 3 nitrogen and oxygen atoms in total. The number of ether oxygens (including phenoxy) is 1. The van der Waals surface area contributed by atoms with Gasteiger partial charge in [-0.3, -0.25) is 9.78 Å². The highest BCUT2D eigenvalue weighted by molar-refractivity contribution is 5.85. The van der Waals surface area contributed by atoms with Crippen LogP contribution in [0.25, 0.3) is 0 Å². The highest BCUT2D eigenvalue weighted by atomic mass is 35.5. The number of rotatable bonds is 1. The fraction of sp³-hybridized carbons (Fsp3) is 0.333. The zero-order valence-electron chi connectivity index (χ0n) is 7.77. The molecule has 0 atom stereocenters. The van der Waals surface area contributed by atoms with Gasteiger partial charge in [0.05, 0.1) is 6.61 Å². The van der Waals surface area contributed by atoms with Crippen molar-refractivity contribution in [2.45, 2.75) is 13.8 Å². The standard InChI is InChI=1S/C5H5N.C4H8O2.ClH/c1-2-4-6-5-3-1;1-3-6-4(2)5;/h1-5H;3H2,1-2H3;1H. The largest absolute Gasteiger partial charge is 0.466 e. The number of carbonyl (C=O) groups is 1. The summed E-state index contributed by atoms with van der Waals surface area (Å²) in [6, 6.07) is 5.72. The number of pyridine rings is 1. The number of aromatic nitrogens is 1. The molecule has 0 aliphatic rings. The van der Waals surface area contributed by atoms with Crippen molar-refractivity contribution in [1.29, 1.82) is 0 Å². The molecule has 1 rings (SSSR count). The molecular weight excluding hydrogens is 190 g/mol. The van der Waals surface area contributed by atoms with Crippen LogP contribution in [0.15, 0.2) is 30.6 Å². The Kier molecular flexibility index (Phi) is 12.1. The summed E-state index contributed by atoms with van der Waals surface area (Å²) in [6.45, 7) is 3.65. The van der Waals surface area contributed by atoms with Crippen LogP contribution in [0, 0.1) is 0 Å². The maximum absolute atomic E-state index is 9.82. The first kappa shape index (κ1) is 14.4. The average Bonchev–Trinajstić information content (AvgIpc) is 2.08. The minimum absolute atomic E-state index is 0. The van der Waals surface area contributed by atoms with Gasteiger partial charge in [-0.2, -0.15) is 0 Å². The summed E-state index contributed by atoms with van der Waals surface area (Å²) in [7, 11) is 0. The first-order chi connectivity index (χ1) is 5.77. The molecule has 0 spiro atoms. The van der Waals surface area contributed by atoms with Crippen molar-refractivity contribution in [3.05, 3.63) is 30.6 Å². The maximum atomic E-state index is 9.82. The molecule has 0 radical (unpaired) electrons. The molecule has 0 aliphatic heterocycles. The van der Waals surface area contributed by atoms with E-state index in [1.807, 2.05) is 18.2 Å². The van der Waals surface area contributed by atoms with Gasteiger partial charge < -0.3 is 4.74 Å². The minimum atomic E-state index is -0.211. The zero-order chi connectivity index (χ0) is 9.23. The zero-order valence-corrected chi connectivity index (χ0v) is 8.58. The summed E-state index contributed by atoms with van der Waals surface area (Å²) < 4.78 is 4.40. The summed E-state index contributed by atoms with van der Waals surface area (Å²) in [5.41, 5.74) is 0. The normalized spacial score (nSPS) is 7.23. The lowest BCUT2D eigenvalue weighted by Crippen LogP contribution is -1.95. The smallest absolute Gasteiger partial charge is 0.302 e. The third kappa shape index (κ3) is 13.8. The lowest BCUT2D eigenvalue weighted by Gasteiger charge is -1.89. The van der Waals surface area contributed by atoms with E-state index in [1.54, 1.807) is 19.3 Å². The number of hydrogen-bond acceptors (Lipinski definition) is 3. The van der Waals surface area contributed by atoms with Crippen molar-refractivity contribution in [1.82, 2.24) is 4.98 Å². The van der Waals surface area contributed by atoms with Gasteiger partial charge in [-0.05, 0) is 19.1 Å². The molecule has 1 aromatic heterocycles. The van der Waals surface area contributed by atoms with Crippen molar-refractivity contribution < 1.29 is 9.53 Å². The monoisotopic (exact) mass is 203 g/mol. The van der Waals surface area contributed by atoms with Crippen LogP contribution in [0.5, 0.6) is 0 Å². The van der Waals surface area contributed by atoms with Crippen LogP contribution in [0.4, 0.5) is 0 Å². The third-order valence-electron chi connectivity index (χ3n) is 0.914. The molecular formula is C9H14ClNO2. The second-order valence-electron chi connectivity index (χ2n) is 1.95. The van der Waals surface area contributed by atoms with Crippen LogP contribution in [0.2, 0.25) is 0 Å². The Morgan fingerprint density at radius 2 is 1.85 bits per heavy atom. The number of esters is 1. The molecule has 0 aliphatic carbocycles. The van der Waals surface area contributed by atoms with E-state index in [0.29, 0.717) is 6.61 Å². The van der Waals surface area contributed by atoms with Crippen LogP contribution in [0.3, 0.4) is 0 Å². The highest BCUT2D eigenvalue weighted by Crippen LogP contribution is 1.73. The van der Waals surface area contributed by atoms with Gasteiger partial charge in [0.15, 0.2) is 0 Å². The van der Waals surface area contributed by atoms with Gasteiger partial charge in [0.1, 0.15) is 0 Å². The molecule has 0 fully saturated rings. The number of carbonyl (C=O) groups excluding carboxylic acids is 1.